The average molecular weight is 339 g/mol. The molecule has 0 spiro atoms. The molecule has 1 aromatic carbocycles. The summed E-state index contributed by atoms with van der Waals surface area (Å²) in [6.07, 6.45) is 2.38. The fraction of sp³-hybridized carbons (Fsp3) is 0.400. The molecule has 3 N–H and O–H groups in total. The second-order valence-electron chi connectivity index (χ2n) is 5.69. The van der Waals surface area contributed by atoms with Crippen LogP contribution in [-0.2, 0) is 0 Å². The highest BCUT2D eigenvalue weighted by molar-refractivity contribution is 9.10. The molecule has 20 heavy (non-hydrogen) atoms. The lowest BCUT2D eigenvalue weighted by Crippen LogP contribution is -2.34. The number of halogens is 1. The molecule has 0 aliphatic carbocycles. The van der Waals surface area contributed by atoms with Crippen molar-refractivity contribution in [1.29, 1.82) is 0 Å². The number of hydrogen-bond acceptors (Lipinski definition) is 2. The third-order valence-corrected chi connectivity index (χ3v) is 4.08. The molecule has 1 heterocycles. The summed E-state index contributed by atoms with van der Waals surface area (Å²) < 4.78 is 0.899. The zero-order valence-corrected chi connectivity index (χ0v) is 13.3. The highest BCUT2D eigenvalue weighted by Crippen LogP contribution is 2.27. The predicted molar refractivity (Wildman–Crippen MR) is 83.8 cm³/mol. The summed E-state index contributed by atoms with van der Waals surface area (Å²) in [7, 11) is 0. The van der Waals surface area contributed by atoms with Crippen LogP contribution in [0.25, 0.3) is 10.9 Å². The fourth-order valence-corrected chi connectivity index (χ4v) is 2.70. The number of carbonyl (C=O) groups excluding carboxylic acids is 1. The summed E-state index contributed by atoms with van der Waals surface area (Å²) in [6, 6.07) is 5.78. The second-order valence-corrected chi connectivity index (χ2v) is 6.54. The Balaban J connectivity index is 2.16. The Bertz CT molecular complexity index is 619. The molecule has 0 unspecified atom stereocenters. The SMILES string of the molecule is CC(C)(CCO)CNC(=O)c1c[nH]c2cccc(Br)c12. The van der Waals surface area contributed by atoms with Crippen LogP contribution in [0.1, 0.15) is 30.6 Å². The lowest BCUT2D eigenvalue weighted by molar-refractivity contribution is 0.0930. The molecule has 5 heteroatoms. The van der Waals surface area contributed by atoms with Crippen molar-refractivity contribution in [3.05, 3.63) is 34.4 Å². The van der Waals surface area contributed by atoms with E-state index in [4.69, 9.17) is 5.11 Å². The van der Waals surface area contributed by atoms with Gasteiger partial charge in [-0.05, 0) is 24.0 Å². The Morgan fingerprint density at radius 3 is 2.90 bits per heavy atom. The maximum Gasteiger partial charge on any atom is 0.253 e. The number of H-pyrrole nitrogens is 1. The highest BCUT2D eigenvalue weighted by atomic mass is 79.9. The first-order chi connectivity index (χ1) is 9.44. The van der Waals surface area contributed by atoms with Crippen LogP contribution in [0.2, 0.25) is 0 Å². The number of carbonyl (C=O) groups is 1. The number of rotatable bonds is 5. The minimum atomic E-state index is -0.117. The number of hydrogen-bond donors (Lipinski definition) is 3. The lowest BCUT2D eigenvalue weighted by Gasteiger charge is -2.23. The fourth-order valence-electron chi connectivity index (χ4n) is 2.13. The van der Waals surface area contributed by atoms with Crippen molar-refractivity contribution in [3.8, 4) is 0 Å². The quantitative estimate of drug-likeness (QED) is 0.784. The van der Waals surface area contributed by atoms with Crippen LogP contribution in [0, 0.1) is 5.41 Å². The van der Waals surface area contributed by atoms with Gasteiger partial charge in [0.1, 0.15) is 0 Å². The van der Waals surface area contributed by atoms with E-state index in [0.717, 1.165) is 15.4 Å². The van der Waals surface area contributed by atoms with Crippen LogP contribution in [0.4, 0.5) is 0 Å². The molecule has 0 bridgehead atoms. The maximum atomic E-state index is 12.3. The van der Waals surface area contributed by atoms with Gasteiger partial charge in [-0.15, -0.1) is 0 Å². The Hall–Kier alpha value is -1.33. The summed E-state index contributed by atoms with van der Waals surface area (Å²) in [6.45, 7) is 4.70. The number of benzene rings is 1. The van der Waals surface area contributed by atoms with E-state index in [1.807, 2.05) is 32.0 Å². The predicted octanol–water partition coefficient (Wildman–Crippen LogP) is 3.07. The van der Waals surface area contributed by atoms with Gasteiger partial charge in [0.15, 0.2) is 0 Å². The van der Waals surface area contributed by atoms with Gasteiger partial charge in [-0.25, -0.2) is 0 Å². The van der Waals surface area contributed by atoms with Gasteiger partial charge in [-0.2, -0.15) is 0 Å². The summed E-state index contributed by atoms with van der Waals surface area (Å²) in [5.74, 6) is -0.103. The standard InChI is InChI=1S/C15H19BrN2O2/c1-15(2,6-7-19)9-18-14(20)10-8-17-12-5-3-4-11(16)13(10)12/h3-5,8,17,19H,6-7,9H2,1-2H3,(H,18,20). The molecule has 0 radical (unpaired) electrons. The van der Waals surface area contributed by atoms with E-state index in [1.54, 1.807) is 6.20 Å². The minimum Gasteiger partial charge on any atom is -0.396 e. The molecule has 0 atom stereocenters. The third-order valence-electron chi connectivity index (χ3n) is 3.42. The Kier molecular flexibility index (Phi) is 4.50. The Labute approximate surface area is 126 Å². The lowest BCUT2D eigenvalue weighted by atomic mass is 9.89. The molecule has 0 saturated heterocycles. The molecule has 2 aromatic rings. The van der Waals surface area contributed by atoms with E-state index >= 15 is 0 Å². The number of fused-ring (bicyclic) bond motifs is 1. The van der Waals surface area contributed by atoms with Crippen molar-refractivity contribution >= 4 is 32.7 Å². The molecule has 4 nitrogen and oxygen atoms in total. The molecule has 0 saturated carbocycles. The van der Waals surface area contributed by atoms with Gasteiger partial charge in [-0.1, -0.05) is 35.8 Å². The Morgan fingerprint density at radius 2 is 2.20 bits per heavy atom. The summed E-state index contributed by atoms with van der Waals surface area (Å²) in [5.41, 5.74) is 1.44. The van der Waals surface area contributed by atoms with Crippen molar-refractivity contribution in [2.24, 2.45) is 5.41 Å². The number of aliphatic hydroxyl groups is 1. The van der Waals surface area contributed by atoms with Crippen LogP contribution in [0.5, 0.6) is 0 Å². The van der Waals surface area contributed by atoms with Gasteiger partial charge in [0.05, 0.1) is 5.56 Å². The number of aliphatic hydroxyl groups excluding tert-OH is 1. The van der Waals surface area contributed by atoms with Crippen molar-refractivity contribution in [2.45, 2.75) is 20.3 Å². The number of nitrogens with one attached hydrogen (secondary N) is 2. The first-order valence-corrected chi connectivity index (χ1v) is 7.38. The van der Waals surface area contributed by atoms with Crippen molar-refractivity contribution in [3.63, 3.8) is 0 Å². The molecule has 0 fully saturated rings. The Morgan fingerprint density at radius 1 is 1.45 bits per heavy atom. The number of amides is 1. The van der Waals surface area contributed by atoms with Gasteiger partial charge in [0, 0.05) is 34.7 Å². The topological polar surface area (TPSA) is 65.1 Å². The monoisotopic (exact) mass is 338 g/mol. The van der Waals surface area contributed by atoms with Crippen LogP contribution >= 0.6 is 15.9 Å². The zero-order chi connectivity index (χ0) is 14.8. The van der Waals surface area contributed by atoms with Crippen molar-refractivity contribution in [1.82, 2.24) is 10.3 Å². The molecule has 108 valence electrons. The van der Waals surface area contributed by atoms with E-state index < -0.39 is 0 Å². The largest absolute Gasteiger partial charge is 0.396 e. The first kappa shape index (κ1) is 15.1. The van der Waals surface area contributed by atoms with Crippen molar-refractivity contribution in [2.75, 3.05) is 13.2 Å². The van der Waals surface area contributed by atoms with Crippen LogP contribution in [-0.4, -0.2) is 29.1 Å². The van der Waals surface area contributed by atoms with E-state index in [1.165, 1.54) is 0 Å². The first-order valence-electron chi connectivity index (χ1n) is 6.59. The summed E-state index contributed by atoms with van der Waals surface area (Å²) in [5, 5.41) is 12.8. The zero-order valence-electron chi connectivity index (χ0n) is 11.7. The minimum absolute atomic E-state index is 0.103. The van der Waals surface area contributed by atoms with Crippen LogP contribution in [0.15, 0.2) is 28.9 Å². The highest BCUT2D eigenvalue weighted by Gasteiger charge is 2.20. The number of aromatic nitrogens is 1. The normalized spacial score (nSPS) is 11.8. The number of aromatic amines is 1. The van der Waals surface area contributed by atoms with E-state index in [9.17, 15) is 4.79 Å². The van der Waals surface area contributed by atoms with Crippen LogP contribution < -0.4 is 5.32 Å². The molecule has 1 aromatic heterocycles. The van der Waals surface area contributed by atoms with Gasteiger partial charge < -0.3 is 15.4 Å². The summed E-state index contributed by atoms with van der Waals surface area (Å²) in [4.78, 5) is 15.4. The molecular weight excluding hydrogens is 320 g/mol. The molecular formula is C15H19BrN2O2. The van der Waals surface area contributed by atoms with Crippen molar-refractivity contribution < 1.29 is 9.90 Å². The molecule has 0 aliphatic heterocycles. The van der Waals surface area contributed by atoms with Gasteiger partial charge >= 0.3 is 0 Å². The van der Waals surface area contributed by atoms with E-state index in [2.05, 4.69) is 26.2 Å². The average Bonchev–Trinajstić information content (AvgIpc) is 2.81. The molecule has 1 amide bonds. The van der Waals surface area contributed by atoms with E-state index in [-0.39, 0.29) is 17.9 Å². The van der Waals surface area contributed by atoms with Crippen LogP contribution in [0.3, 0.4) is 0 Å². The maximum absolute atomic E-state index is 12.3. The van der Waals surface area contributed by atoms with Gasteiger partial charge in [-0.3, -0.25) is 4.79 Å². The third kappa shape index (κ3) is 3.22. The molecule has 2 rings (SSSR count). The second kappa shape index (κ2) is 5.97. The molecule has 0 aliphatic rings. The van der Waals surface area contributed by atoms with E-state index in [0.29, 0.717) is 18.5 Å². The smallest absolute Gasteiger partial charge is 0.253 e. The van der Waals surface area contributed by atoms with Gasteiger partial charge in [0.2, 0.25) is 0 Å². The summed E-state index contributed by atoms with van der Waals surface area (Å²) >= 11 is 3.48. The van der Waals surface area contributed by atoms with Gasteiger partial charge in [0.25, 0.3) is 5.91 Å².